The van der Waals surface area contributed by atoms with Gasteiger partial charge in [0.2, 0.25) is 0 Å². The second kappa shape index (κ2) is 12.6. The van der Waals surface area contributed by atoms with Crippen molar-refractivity contribution >= 4 is 23.7 Å². The van der Waals surface area contributed by atoms with Crippen LogP contribution >= 0.6 is 0 Å². The maximum atomic E-state index is 13.2. The highest BCUT2D eigenvalue weighted by molar-refractivity contribution is 6.01. The molecule has 2 aromatic heterocycles. The molecule has 1 unspecified atom stereocenters. The first kappa shape index (κ1) is 29.5. The van der Waals surface area contributed by atoms with E-state index in [2.05, 4.69) is 48.0 Å². The fourth-order valence-corrected chi connectivity index (χ4v) is 4.85. The third kappa shape index (κ3) is 7.72. The molecule has 1 atom stereocenters. The van der Waals surface area contributed by atoms with Crippen LogP contribution in [0.5, 0.6) is 0 Å². The second-order valence-electron chi connectivity index (χ2n) is 10.5. The molecule has 0 saturated heterocycles. The average molecular weight is 534 g/mol. The van der Waals surface area contributed by atoms with Crippen molar-refractivity contribution in [1.29, 1.82) is 10.8 Å². The minimum atomic E-state index is -0.671. The van der Waals surface area contributed by atoms with Crippen LogP contribution in [-0.4, -0.2) is 38.9 Å². The van der Waals surface area contributed by atoms with Gasteiger partial charge in [-0.05, 0) is 64.2 Å². The molecule has 208 valence electrons. The SMILES string of the molecule is C=C(N(C)C(C)c1ccc(N/C=C(/F)C=N)nc1)C1(C)CCC(c2nc(C)cc(NC(=N)/C=C(/C)N)n2)CC1. The molecule has 0 radical (unpaired) electrons. The van der Waals surface area contributed by atoms with E-state index in [-0.39, 0.29) is 23.2 Å². The second-order valence-corrected chi connectivity index (χ2v) is 10.5. The molecule has 1 aliphatic rings. The first-order chi connectivity index (χ1) is 18.4. The topological polar surface area (TPSA) is 140 Å². The molecule has 0 spiro atoms. The molecular weight excluding hydrogens is 493 g/mol. The van der Waals surface area contributed by atoms with Crippen LogP contribution in [0.25, 0.3) is 0 Å². The Hall–Kier alpha value is -4.08. The molecule has 1 aliphatic carbocycles. The molecule has 0 aromatic carbocycles. The Labute approximate surface area is 230 Å². The van der Waals surface area contributed by atoms with Crippen LogP contribution in [0.2, 0.25) is 0 Å². The molecule has 6 N–H and O–H groups in total. The maximum absolute atomic E-state index is 13.2. The summed E-state index contributed by atoms with van der Waals surface area (Å²) in [4.78, 5) is 16.0. The van der Waals surface area contributed by atoms with Gasteiger partial charge in [-0.1, -0.05) is 19.6 Å². The van der Waals surface area contributed by atoms with Gasteiger partial charge in [0.05, 0.1) is 12.3 Å². The van der Waals surface area contributed by atoms with Crippen LogP contribution in [0.3, 0.4) is 0 Å². The average Bonchev–Trinajstić information content (AvgIpc) is 2.90. The molecular formula is C29H40FN9. The van der Waals surface area contributed by atoms with Crippen LogP contribution in [0.1, 0.15) is 75.5 Å². The van der Waals surface area contributed by atoms with Gasteiger partial charge in [0.15, 0.2) is 5.83 Å². The summed E-state index contributed by atoms with van der Waals surface area (Å²) >= 11 is 0. The zero-order chi connectivity index (χ0) is 28.7. The van der Waals surface area contributed by atoms with Crippen LogP contribution in [0.4, 0.5) is 16.0 Å². The Bertz CT molecular complexity index is 1250. The molecule has 1 fully saturated rings. The van der Waals surface area contributed by atoms with E-state index in [1.54, 1.807) is 25.3 Å². The van der Waals surface area contributed by atoms with Crippen LogP contribution in [0, 0.1) is 23.2 Å². The summed E-state index contributed by atoms with van der Waals surface area (Å²) in [7, 11) is 2.06. The van der Waals surface area contributed by atoms with Gasteiger partial charge in [-0.25, -0.2) is 19.3 Å². The summed E-state index contributed by atoms with van der Waals surface area (Å²) < 4.78 is 13.2. The van der Waals surface area contributed by atoms with Gasteiger partial charge in [-0.15, -0.1) is 0 Å². The van der Waals surface area contributed by atoms with Crippen molar-refractivity contribution in [2.24, 2.45) is 11.1 Å². The smallest absolute Gasteiger partial charge is 0.156 e. The predicted molar refractivity (Wildman–Crippen MR) is 157 cm³/mol. The van der Waals surface area contributed by atoms with Crippen molar-refractivity contribution in [3.8, 4) is 0 Å². The van der Waals surface area contributed by atoms with Crippen LogP contribution < -0.4 is 16.4 Å². The number of hydrogen-bond donors (Lipinski definition) is 5. The summed E-state index contributed by atoms with van der Waals surface area (Å²) in [6.45, 7) is 12.6. The highest BCUT2D eigenvalue weighted by Crippen LogP contribution is 2.48. The number of pyridine rings is 1. The lowest BCUT2D eigenvalue weighted by Gasteiger charge is -2.44. The number of nitrogens with two attached hydrogens (primary N) is 1. The normalized spacial score (nSPS) is 20.6. The summed E-state index contributed by atoms with van der Waals surface area (Å²) in [5.41, 5.74) is 9.15. The lowest BCUT2D eigenvalue weighted by atomic mass is 9.69. The third-order valence-corrected chi connectivity index (χ3v) is 7.43. The first-order valence-electron chi connectivity index (χ1n) is 13.1. The lowest BCUT2D eigenvalue weighted by molar-refractivity contribution is 0.169. The van der Waals surface area contributed by atoms with Gasteiger partial charge >= 0.3 is 0 Å². The van der Waals surface area contributed by atoms with Gasteiger partial charge in [0, 0.05) is 53.9 Å². The quantitative estimate of drug-likeness (QED) is 0.182. The van der Waals surface area contributed by atoms with Gasteiger partial charge in [-0.2, -0.15) is 0 Å². The van der Waals surface area contributed by atoms with E-state index in [1.807, 2.05) is 19.1 Å². The van der Waals surface area contributed by atoms with E-state index in [0.29, 0.717) is 23.5 Å². The number of amidine groups is 1. The van der Waals surface area contributed by atoms with E-state index in [0.717, 1.165) is 54.7 Å². The van der Waals surface area contributed by atoms with E-state index in [9.17, 15) is 4.39 Å². The van der Waals surface area contributed by atoms with Gasteiger partial charge < -0.3 is 26.7 Å². The highest BCUT2D eigenvalue weighted by atomic mass is 19.1. The summed E-state index contributed by atoms with van der Waals surface area (Å²) in [5, 5.41) is 20.7. The predicted octanol–water partition coefficient (Wildman–Crippen LogP) is 6.17. The van der Waals surface area contributed by atoms with Crippen molar-refractivity contribution in [3.63, 3.8) is 0 Å². The zero-order valence-electron chi connectivity index (χ0n) is 23.5. The monoisotopic (exact) mass is 533 g/mol. The number of allylic oxidation sites excluding steroid dienone is 3. The number of nitrogens with one attached hydrogen (secondary N) is 4. The summed E-state index contributed by atoms with van der Waals surface area (Å²) in [6, 6.07) is 5.65. The maximum Gasteiger partial charge on any atom is 0.156 e. The number of halogens is 1. The highest BCUT2D eigenvalue weighted by Gasteiger charge is 2.37. The van der Waals surface area contributed by atoms with Crippen LogP contribution in [0.15, 0.2) is 60.5 Å². The Balaban J connectivity index is 1.64. The van der Waals surface area contributed by atoms with E-state index in [4.69, 9.17) is 26.5 Å². The van der Waals surface area contributed by atoms with Crippen molar-refractivity contribution < 1.29 is 4.39 Å². The molecule has 10 heteroatoms. The number of nitrogens with zero attached hydrogens (tertiary/aromatic N) is 4. The number of rotatable bonds is 10. The molecule has 9 nitrogen and oxygen atoms in total. The molecule has 39 heavy (non-hydrogen) atoms. The minimum absolute atomic E-state index is 0.0534. The fourth-order valence-electron chi connectivity index (χ4n) is 4.85. The Morgan fingerprint density at radius 3 is 2.56 bits per heavy atom. The number of aryl methyl sites for hydroxylation is 1. The van der Waals surface area contributed by atoms with E-state index >= 15 is 0 Å². The van der Waals surface area contributed by atoms with Crippen molar-refractivity contribution in [3.05, 3.63) is 77.6 Å². The third-order valence-electron chi connectivity index (χ3n) is 7.43. The van der Waals surface area contributed by atoms with E-state index < -0.39 is 5.83 Å². The first-order valence-corrected chi connectivity index (χ1v) is 13.1. The zero-order valence-corrected chi connectivity index (χ0v) is 23.5. The van der Waals surface area contributed by atoms with Crippen molar-refractivity contribution in [1.82, 2.24) is 19.9 Å². The van der Waals surface area contributed by atoms with Gasteiger partial charge in [-0.3, -0.25) is 5.41 Å². The Morgan fingerprint density at radius 1 is 1.28 bits per heavy atom. The number of hydrogen-bond acceptors (Lipinski definition) is 8. The molecule has 0 amide bonds. The molecule has 0 aliphatic heterocycles. The largest absolute Gasteiger partial charge is 0.402 e. The standard InChI is InChI=1S/C29H40FN9/c1-18(32)13-25(33)37-27-14-19(2)36-28(38-27)22-9-11-29(5,12-10-22)21(4)39(6)20(3)23-7-8-26(34-16-23)35-17-24(30)15-31/h7-8,13-17,20,22,31H,4,9-12,32H2,1-3,5-6H3,(H,34,35)(H2,33,36,37,38)/b18-13-,24-17+,31-15?. The molecule has 0 bridgehead atoms. The fraction of sp³-hybridized carbons (Fsp3) is 0.414. The van der Waals surface area contributed by atoms with Crippen LogP contribution in [-0.2, 0) is 0 Å². The molecule has 3 rings (SSSR count). The summed E-state index contributed by atoms with van der Waals surface area (Å²) in [6.07, 6.45) is 8.90. The number of aromatic nitrogens is 3. The van der Waals surface area contributed by atoms with E-state index in [1.165, 1.54) is 0 Å². The lowest BCUT2D eigenvalue weighted by Crippen LogP contribution is -2.35. The molecule has 2 aromatic rings. The Kier molecular flexibility index (Phi) is 9.56. The van der Waals surface area contributed by atoms with Crippen molar-refractivity contribution in [2.75, 3.05) is 17.7 Å². The minimum Gasteiger partial charge on any atom is -0.402 e. The Morgan fingerprint density at radius 2 is 1.97 bits per heavy atom. The number of anilines is 2. The van der Waals surface area contributed by atoms with Gasteiger partial charge in [0.1, 0.15) is 23.3 Å². The summed E-state index contributed by atoms with van der Waals surface area (Å²) in [5.74, 6) is 1.69. The van der Waals surface area contributed by atoms with Crippen molar-refractivity contribution in [2.45, 2.75) is 65.3 Å². The molecule has 2 heterocycles. The molecule has 1 saturated carbocycles. The van der Waals surface area contributed by atoms with Gasteiger partial charge in [0.25, 0.3) is 0 Å².